The summed E-state index contributed by atoms with van der Waals surface area (Å²) in [5, 5.41) is 21.9. The highest BCUT2D eigenvalue weighted by atomic mass is 32.3. The van der Waals surface area contributed by atoms with Crippen LogP contribution >= 0.6 is 30.5 Å². The molecule has 0 aromatic carbocycles. The Morgan fingerprint density at radius 3 is 2.80 bits per heavy atom. The first-order chi connectivity index (χ1) is 7.06. The minimum atomic E-state index is -3.62. The van der Waals surface area contributed by atoms with Crippen LogP contribution in [0.4, 0.5) is 0 Å². The van der Waals surface area contributed by atoms with E-state index in [4.69, 9.17) is 22.7 Å². The average molecular weight is 269 g/mol. The summed E-state index contributed by atoms with van der Waals surface area (Å²) in [6.45, 7) is 0. The number of hydrogen-bond acceptors (Lipinski definition) is 10. The third-order valence-electron chi connectivity index (χ3n) is 1.65. The standard InChI is InChI=1S/C3H4N5O4PS2/c4-14-1-2-6-8-7-3(1)15(5)11-13(9,10-2)12-15/h4-5H2. The van der Waals surface area contributed by atoms with Gasteiger partial charge >= 0.3 is 7.82 Å². The van der Waals surface area contributed by atoms with Crippen LogP contribution in [0, 0.1) is 0 Å². The summed E-state index contributed by atoms with van der Waals surface area (Å²) < 4.78 is 26.3. The first kappa shape index (κ1) is 9.78. The molecule has 15 heavy (non-hydrogen) atoms. The molecule has 1 fully saturated rings. The van der Waals surface area contributed by atoms with Gasteiger partial charge < -0.3 is 4.52 Å². The lowest BCUT2D eigenvalue weighted by molar-refractivity contribution is 0.257. The van der Waals surface area contributed by atoms with Gasteiger partial charge in [-0.15, -0.1) is 13.0 Å². The molecule has 0 spiro atoms. The molecule has 3 aliphatic rings. The molecule has 0 saturated carbocycles. The number of phosphoric acid groups is 1. The summed E-state index contributed by atoms with van der Waals surface area (Å²) in [4.78, 5) is 0.331. The highest BCUT2D eigenvalue weighted by Gasteiger charge is 2.58. The number of nitrogens with zero attached hydrogens (tertiary/aromatic N) is 3. The van der Waals surface area contributed by atoms with E-state index in [0.29, 0.717) is 4.90 Å². The second kappa shape index (κ2) is 2.83. The summed E-state index contributed by atoms with van der Waals surface area (Å²) in [6, 6.07) is 0. The van der Waals surface area contributed by atoms with E-state index in [1.165, 1.54) is 0 Å². The highest BCUT2D eigenvalue weighted by Crippen LogP contribution is 2.83. The molecule has 12 heteroatoms. The Morgan fingerprint density at radius 1 is 1.40 bits per heavy atom. The molecule has 4 heterocycles. The van der Waals surface area contributed by atoms with E-state index in [1.807, 2.05) is 0 Å². The molecule has 4 bridgehead atoms. The monoisotopic (exact) mass is 269 g/mol. The summed E-state index contributed by atoms with van der Waals surface area (Å²) in [7, 11) is -6.24. The average Bonchev–Trinajstić information content (AvgIpc) is 2.20. The summed E-state index contributed by atoms with van der Waals surface area (Å²) in [5.41, 5.74) is 0. The quantitative estimate of drug-likeness (QED) is 0.539. The molecule has 0 amide bonds. The zero-order valence-corrected chi connectivity index (χ0v) is 9.42. The Balaban J connectivity index is 2.27. The van der Waals surface area contributed by atoms with Crippen molar-refractivity contribution in [2.75, 3.05) is 0 Å². The Labute approximate surface area is 89.5 Å². The van der Waals surface area contributed by atoms with Crippen molar-refractivity contribution in [1.82, 2.24) is 15.4 Å². The predicted octanol–water partition coefficient (Wildman–Crippen LogP) is 0.252. The van der Waals surface area contributed by atoms with Crippen LogP contribution < -0.4 is 14.8 Å². The van der Waals surface area contributed by atoms with Crippen molar-refractivity contribution in [3.63, 3.8) is 0 Å². The molecule has 0 radical (unpaired) electrons. The van der Waals surface area contributed by atoms with Gasteiger partial charge in [0.1, 0.15) is 4.90 Å². The zero-order chi connectivity index (χ0) is 10.7. The normalized spacial score (nSPS) is 40.7. The molecule has 0 aliphatic carbocycles. The van der Waals surface area contributed by atoms with Crippen molar-refractivity contribution in [2.45, 2.75) is 9.92 Å². The number of rotatable bonds is 1. The Morgan fingerprint density at radius 2 is 2.13 bits per heavy atom. The molecule has 0 unspecified atom stereocenters. The van der Waals surface area contributed by atoms with E-state index in [1.54, 1.807) is 0 Å². The predicted molar refractivity (Wildman–Crippen MR) is 50.3 cm³/mol. The molecule has 1 aromatic rings. The molecule has 4 rings (SSSR count). The largest absolute Gasteiger partial charge is 0.573 e. The van der Waals surface area contributed by atoms with Gasteiger partial charge in [0.15, 0.2) is 0 Å². The third kappa shape index (κ3) is 1.22. The SMILES string of the molecule is NSc1c2nnnc1S1(N)OP(=O)(O2)O1. The van der Waals surface area contributed by atoms with Crippen molar-refractivity contribution < 1.29 is 17.0 Å². The van der Waals surface area contributed by atoms with Crippen LogP contribution in [-0.4, -0.2) is 15.4 Å². The summed E-state index contributed by atoms with van der Waals surface area (Å²) >= 11 is 0.809. The molecule has 1 saturated heterocycles. The van der Waals surface area contributed by atoms with E-state index >= 15 is 0 Å². The van der Waals surface area contributed by atoms with Crippen molar-refractivity contribution in [2.24, 2.45) is 10.3 Å². The van der Waals surface area contributed by atoms with Gasteiger partial charge in [0, 0.05) is 0 Å². The number of aromatic nitrogens is 3. The molecule has 0 atom stereocenters. The highest BCUT2D eigenvalue weighted by molar-refractivity contribution is 8.31. The zero-order valence-electron chi connectivity index (χ0n) is 6.89. The lowest BCUT2D eigenvalue weighted by atomic mass is 10.6. The molecule has 3 aliphatic heterocycles. The number of nitrogens with two attached hydrogens (primary N) is 2. The topological polar surface area (TPSA) is 135 Å². The van der Waals surface area contributed by atoms with Crippen LogP contribution in [0.25, 0.3) is 0 Å². The first-order valence-corrected chi connectivity index (χ1v) is 7.38. The molecule has 9 nitrogen and oxygen atoms in total. The lowest BCUT2D eigenvalue weighted by Crippen LogP contribution is -2.26. The van der Waals surface area contributed by atoms with Gasteiger partial charge in [0.25, 0.3) is 5.88 Å². The van der Waals surface area contributed by atoms with E-state index < -0.39 is 18.6 Å². The van der Waals surface area contributed by atoms with Crippen molar-refractivity contribution in [3.05, 3.63) is 0 Å². The first-order valence-electron chi connectivity index (χ1n) is 3.49. The Kier molecular flexibility index (Phi) is 1.84. The van der Waals surface area contributed by atoms with Gasteiger partial charge in [-0.3, -0.25) is 5.14 Å². The molecular formula is C3H4N5O4PS2. The van der Waals surface area contributed by atoms with Gasteiger partial charge in [0.2, 0.25) is 5.03 Å². The van der Waals surface area contributed by atoms with Crippen LogP contribution in [0.2, 0.25) is 0 Å². The van der Waals surface area contributed by atoms with Gasteiger partial charge in [-0.25, -0.2) is 9.70 Å². The third-order valence-corrected chi connectivity index (χ3v) is 6.84. The number of hydrogen-bond donors (Lipinski definition) is 2. The fraction of sp³-hybridized carbons (Fsp3) is 0. The lowest BCUT2D eigenvalue weighted by Gasteiger charge is -2.44. The fourth-order valence-corrected chi connectivity index (χ4v) is 5.85. The van der Waals surface area contributed by atoms with Crippen molar-refractivity contribution >= 4 is 30.5 Å². The van der Waals surface area contributed by atoms with Gasteiger partial charge in [-0.05, 0) is 17.2 Å². The van der Waals surface area contributed by atoms with E-state index in [0.717, 1.165) is 11.9 Å². The molecule has 82 valence electrons. The smallest absolute Gasteiger partial charge is 0.380 e. The van der Waals surface area contributed by atoms with E-state index in [2.05, 4.69) is 15.4 Å². The van der Waals surface area contributed by atoms with Gasteiger partial charge in [-0.1, -0.05) is 15.9 Å². The molecule has 4 N–H and O–H groups in total. The van der Waals surface area contributed by atoms with Crippen LogP contribution in [0.5, 0.6) is 5.88 Å². The summed E-state index contributed by atoms with van der Waals surface area (Å²) in [6.07, 6.45) is 0. The van der Waals surface area contributed by atoms with E-state index in [-0.39, 0.29) is 10.9 Å². The molecular weight excluding hydrogens is 265 g/mol. The van der Waals surface area contributed by atoms with Crippen LogP contribution in [-0.2, 0) is 12.5 Å². The Hall–Kier alpha value is -0.420. The second-order valence-corrected chi connectivity index (χ2v) is 6.97. The van der Waals surface area contributed by atoms with Gasteiger partial charge in [0.05, 0.1) is 0 Å². The maximum Gasteiger partial charge on any atom is 0.573 e. The minimum Gasteiger partial charge on any atom is -0.380 e. The van der Waals surface area contributed by atoms with Crippen LogP contribution in [0.3, 0.4) is 0 Å². The van der Waals surface area contributed by atoms with Crippen molar-refractivity contribution in [3.8, 4) is 5.88 Å². The van der Waals surface area contributed by atoms with Crippen molar-refractivity contribution in [1.29, 1.82) is 0 Å². The van der Waals surface area contributed by atoms with E-state index in [9.17, 15) is 4.57 Å². The maximum atomic E-state index is 11.6. The Bertz CT molecular complexity index is 487. The fourth-order valence-electron chi connectivity index (χ4n) is 1.12. The maximum absolute atomic E-state index is 11.6. The summed E-state index contributed by atoms with van der Waals surface area (Å²) in [5.74, 6) is -0.0341. The van der Waals surface area contributed by atoms with Crippen LogP contribution in [0.15, 0.2) is 9.92 Å². The second-order valence-electron chi connectivity index (χ2n) is 2.58. The van der Waals surface area contributed by atoms with Gasteiger partial charge in [-0.2, -0.15) is 0 Å². The van der Waals surface area contributed by atoms with Crippen LogP contribution in [0.1, 0.15) is 0 Å². The minimum absolute atomic E-state index is 0.0341. The molecule has 1 aromatic heterocycles.